The first-order valence-electron chi connectivity index (χ1n) is 3.92. The second-order valence-electron chi connectivity index (χ2n) is 3.43. The SMILES string of the molecule is COCC/C=N/[S@@+]([O-])C(C)(C)C. The molecule has 0 rings (SSSR count). The molecule has 0 aromatic heterocycles. The van der Waals surface area contributed by atoms with Gasteiger partial charge in [0.1, 0.15) is 16.1 Å². The Kier molecular flexibility index (Phi) is 5.53. The predicted octanol–water partition coefficient (Wildman–Crippen LogP) is 1.56. The summed E-state index contributed by atoms with van der Waals surface area (Å²) in [5.41, 5.74) is 0. The number of nitrogens with zero attached hydrogens (tertiary/aromatic N) is 1. The van der Waals surface area contributed by atoms with E-state index in [4.69, 9.17) is 4.74 Å². The average Bonchev–Trinajstić information content (AvgIpc) is 1.96. The lowest BCUT2D eigenvalue weighted by molar-refractivity contribution is 0.208. The molecule has 0 bridgehead atoms. The normalized spacial score (nSPS) is 15.4. The molecule has 1 atom stereocenters. The highest BCUT2D eigenvalue weighted by Crippen LogP contribution is 2.16. The first kappa shape index (κ1) is 11.9. The highest BCUT2D eigenvalue weighted by atomic mass is 32.2. The van der Waals surface area contributed by atoms with Crippen LogP contribution in [0.3, 0.4) is 0 Å². The lowest BCUT2D eigenvalue weighted by Crippen LogP contribution is -2.25. The van der Waals surface area contributed by atoms with E-state index in [1.54, 1.807) is 13.3 Å². The van der Waals surface area contributed by atoms with Crippen molar-refractivity contribution in [3.8, 4) is 0 Å². The highest BCUT2D eigenvalue weighted by molar-refractivity contribution is 7.91. The number of hydrogen-bond acceptors (Lipinski definition) is 3. The molecule has 0 unspecified atom stereocenters. The van der Waals surface area contributed by atoms with Crippen molar-refractivity contribution < 1.29 is 9.29 Å². The van der Waals surface area contributed by atoms with Crippen molar-refractivity contribution >= 4 is 17.6 Å². The third kappa shape index (κ3) is 5.57. The molecule has 3 nitrogen and oxygen atoms in total. The lowest BCUT2D eigenvalue weighted by Gasteiger charge is -2.17. The fraction of sp³-hybridized carbons (Fsp3) is 0.875. The number of ether oxygens (including phenoxy) is 1. The van der Waals surface area contributed by atoms with Gasteiger partial charge in [0.2, 0.25) is 0 Å². The Morgan fingerprint density at radius 1 is 1.50 bits per heavy atom. The largest absolute Gasteiger partial charge is 0.591 e. The van der Waals surface area contributed by atoms with Gasteiger partial charge in [0.25, 0.3) is 0 Å². The van der Waals surface area contributed by atoms with Gasteiger partial charge in [-0.3, -0.25) is 0 Å². The quantitative estimate of drug-likeness (QED) is 0.384. The van der Waals surface area contributed by atoms with Crippen LogP contribution >= 0.6 is 0 Å². The third-order valence-corrected chi connectivity index (χ3v) is 2.53. The topological polar surface area (TPSA) is 44.6 Å². The summed E-state index contributed by atoms with van der Waals surface area (Å²) in [5.74, 6) is 0. The van der Waals surface area contributed by atoms with Gasteiger partial charge in [-0.1, -0.05) is 4.40 Å². The van der Waals surface area contributed by atoms with E-state index in [0.29, 0.717) is 6.61 Å². The second kappa shape index (κ2) is 5.56. The van der Waals surface area contributed by atoms with Gasteiger partial charge in [-0.15, -0.1) is 0 Å². The average molecular weight is 191 g/mol. The van der Waals surface area contributed by atoms with E-state index in [1.165, 1.54) is 0 Å². The van der Waals surface area contributed by atoms with Gasteiger partial charge in [-0.2, -0.15) is 0 Å². The Morgan fingerprint density at radius 3 is 2.50 bits per heavy atom. The van der Waals surface area contributed by atoms with E-state index < -0.39 is 11.4 Å². The van der Waals surface area contributed by atoms with E-state index in [1.807, 2.05) is 20.8 Å². The van der Waals surface area contributed by atoms with E-state index >= 15 is 0 Å². The first-order valence-corrected chi connectivity index (χ1v) is 5.02. The van der Waals surface area contributed by atoms with Crippen LogP contribution in [0.15, 0.2) is 4.40 Å². The summed E-state index contributed by atoms with van der Waals surface area (Å²) >= 11 is -1.13. The van der Waals surface area contributed by atoms with Crippen LogP contribution in [0.5, 0.6) is 0 Å². The molecular formula is C8H17NO2S. The Balaban J connectivity index is 3.68. The maximum atomic E-state index is 11.3. The van der Waals surface area contributed by atoms with Gasteiger partial charge in [0.15, 0.2) is 0 Å². The smallest absolute Gasteiger partial charge is 0.144 e. The molecule has 0 fully saturated rings. The summed E-state index contributed by atoms with van der Waals surface area (Å²) in [6.07, 6.45) is 2.38. The van der Waals surface area contributed by atoms with Gasteiger partial charge < -0.3 is 9.29 Å². The van der Waals surface area contributed by atoms with Gasteiger partial charge in [0.05, 0.1) is 12.8 Å². The Morgan fingerprint density at radius 2 is 2.08 bits per heavy atom. The zero-order chi connectivity index (χ0) is 9.61. The highest BCUT2D eigenvalue weighted by Gasteiger charge is 2.25. The van der Waals surface area contributed by atoms with Crippen LogP contribution in [0, 0.1) is 0 Å². The summed E-state index contributed by atoms with van der Waals surface area (Å²) in [5, 5.41) is 0. The predicted molar refractivity (Wildman–Crippen MR) is 52.9 cm³/mol. The van der Waals surface area contributed by atoms with Crippen LogP contribution < -0.4 is 0 Å². The minimum atomic E-state index is -1.13. The van der Waals surface area contributed by atoms with Crippen LogP contribution in [0.2, 0.25) is 0 Å². The van der Waals surface area contributed by atoms with Crippen molar-refractivity contribution in [2.75, 3.05) is 13.7 Å². The van der Waals surface area contributed by atoms with Gasteiger partial charge in [-0.25, -0.2) is 0 Å². The molecule has 0 saturated heterocycles. The van der Waals surface area contributed by atoms with Gasteiger partial charge in [-0.05, 0) is 20.8 Å². The molecule has 0 N–H and O–H groups in total. The summed E-state index contributed by atoms with van der Waals surface area (Å²) < 4.78 is 19.8. The summed E-state index contributed by atoms with van der Waals surface area (Å²) in [6, 6.07) is 0. The van der Waals surface area contributed by atoms with Crippen molar-refractivity contribution in [3.05, 3.63) is 0 Å². The number of methoxy groups -OCH3 is 1. The fourth-order valence-electron chi connectivity index (χ4n) is 0.449. The lowest BCUT2D eigenvalue weighted by atomic mass is 10.3. The number of rotatable bonds is 4. The monoisotopic (exact) mass is 191 g/mol. The van der Waals surface area contributed by atoms with Crippen LogP contribution in [0.1, 0.15) is 27.2 Å². The maximum absolute atomic E-state index is 11.3. The molecule has 4 heteroatoms. The molecule has 72 valence electrons. The number of hydrogen-bond donors (Lipinski definition) is 0. The van der Waals surface area contributed by atoms with E-state index in [9.17, 15) is 4.55 Å². The molecule has 12 heavy (non-hydrogen) atoms. The molecule has 0 heterocycles. The summed E-state index contributed by atoms with van der Waals surface area (Å²) in [7, 11) is 1.63. The van der Waals surface area contributed by atoms with Crippen LogP contribution in [0.25, 0.3) is 0 Å². The second-order valence-corrected chi connectivity index (χ2v) is 5.36. The fourth-order valence-corrected chi connectivity index (χ4v) is 1.01. The van der Waals surface area contributed by atoms with E-state index in [-0.39, 0.29) is 4.75 Å². The molecule has 0 aliphatic heterocycles. The van der Waals surface area contributed by atoms with Crippen molar-refractivity contribution in [3.63, 3.8) is 0 Å². The zero-order valence-electron chi connectivity index (χ0n) is 8.16. The molecule has 0 saturated carbocycles. The minimum Gasteiger partial charge on any atom is -0.591 e. The molecule has 0 radical (unpaired) electrons. The standard InChI is InChI=1S/C8H17NO2S/c1-8(2,3)12(10)9-6-5-7-11-4/h6H,5,7H2,1-4H3/b9-6+/t12-/m0/s1. The molecule has 0 aliphatic carbocycles. The van der Waals surface area contributed by atoms with E-state index in [0.717, 1.165) is 6.42 Å². The van der Waals surface area contributed by atoms with Crippen molar-refractivity contribution in [1.29, 1.82) is 0 Å². The maximum Gasteiger partial charge on any atom is 0.144 e. The Hall–Kier alpha value is -0.0600. The Bertz CT molecular complexity index is 142. The van der Waals surface area contributed by atoms with Crippen LogP contribution in [0.4, 0.5) is 0 Å². The first-order chi connectivity index (χ1) is 5.48. The summed E-state index contributed by atoms with van der Waals surface area (Å²) in [6.45, 7) is 6.33. The molecule has 0 spiro atoms. The molecule has 0 aliphatic rings. The van der Waals surface area contributed by atoms with Crippen molar-refractivity contribution in [2.24, 2.45) is 4.40 Å². The minimum absolute atomic E-state index is 0.260. The molecule has 0 aromatic rings. The third-order valence-electron chi connectivity index (χ3n) is 1.15. The van der Waals surface area contributed by atoms with Gasteiger partial charge in [0, 0.05) is 13.5 Å². The van der Waals surface area contributed by atoms with Crippen LogP contribution in [-0.2, 0) is 16.1 Å². The van der Waals surface area contributed by atoms with Crippen molar-refractivity contribution in [2.45, 2.75) is 31.9 Å². The van der Waals surface area contributed by atoms with Gasteiger partial charge >= 0.3 is 0 Å². The van der Waals surface area contributed by atoms with E-state index in [2.05, 4.69) is 4.40 Å². The van der Waals surface area contributed by atoms with Crippen molar-refractivity contribution in [1.82, 2.24) is 0 Å². The Labute approximate surface area is 77.5 Å². The summed E-state index contributed by atoms with van der Waals surface area (Å²) in [4.78, 5) is 0. The molecule has 0 amide bonds. The molecular weight excluding hydrogens is 174 g/mol. The van der Waals surface area contributed by atoms with Crippen LogP contribution in [-0.4, -0.2) is 29.2 Å². The molecule has 0 aromatic carbocycles. The zero-order valence-corrected chi connectivity index (χ0v) is 8.98.